The van der Waals surface area contributed by atoms with Gasteiger partial charge in [-0.2, -0.15) is 0 Å². The molecule has 0 spiro atoms. The zero-order valence-corrected chi connectivity index (χ0v) is 12.6. The van der Waals surface area contributed by atoms with Gasteiger partial charge in [-0.15, -0.1) is 5.10 Å². The van der Waals surface area contributed by atoms with E-state index < -0.39 is 0 Å². The zero-order valence-electron chi connectivity index (χ0n) is 12.6. The molecular formula is C16H20N4O2. The average Bonchev–Trinajstić information content (AvgIpc) is 3.19. The van der Waals surface area contributed by atoms with Crippen LogP contribution >= 0.6 is 0 Å². The minimum absolute atomic E-state index is 0.0139. The zero-order chi connectivity index (χ0) is 15.6. The number of nitrogens with zero attached hydrogens (tertiary/aromatic N) is 3. The van der Waals surface area contributed by atoms with E-state index in [1.54, 1.807) is 29.2 Å². The third-order valence-corrected chi connectivity index (χ3v) is 4.54. The van der Waals surface area contributed by atoms with Crippen molar-refractivity contribution < 1.29 is 9.90 Å². The Kier molecular flexibility index (Phi) is 3.94. The summed E-state index contributed by atoms with van der Waals surface area (Å²) in [5.74, 6) is -0.117. The van der Waals surface area contributed by atoms with E-state index in [2.05, 4.69) is 15.6 Å². The SMILES string of the molecule is CC1(CO)CCCC1NC(=O)c1cccc(-n2ccnn2)c1. The van der Waals surface area contributed by atoms with Gasteiger partial charge >= 0.3 is 0 Å². The maximum absolute atomic E-state index is 12.5. The minimum Gasteiger partial charge on any atom is -0.396 e. The molecule has 1 aliphatic rings. The largest absolute Gasteiger partial charge is 0.396 e. The maximum atomic E-state index is 12.5. The van der Waals surface area contributed by atoms with Gasteiger partial charge in [-0.05, 0) is 31.0 Å². The molecule has 2 unspecified atom stereocenters. The molecule has 1 aromatic heterocycles. The van der Waals surface area contributed by atoms with Gasteiger partial charge in [0.15, 0.2) is 0 Å². The molecule has 2 atom stereocenters. The number of aliphatic hydroxyl groups is 1. The molecule has 2 N–H and O–H groups in total. The van der Waals surface area contributed by atoms with Crippen LogP contribution in [0.1, 0.15) is 36.5 Å². The normalized spacial score (nSPS) is 24.4. The highest BCUT2D eigenvalue weighted by Gasteiger charge is 2.39. The van der Waals surface area contributed by atoms with Crippen molar-refractivity contribution in [1.82, 2.24) is 20.3 Å². The quantitative estimate of drug-likeness (QED) is 0.898. The van der Waals surface area contributed by atoms with Crippen LogP contribution in [0.15, 0.2) is 36.7 Å². The predicted octanol–water partition coefficient (Wildman–Crippen LogP) is 1.55. The van der Waals surface area contributed by atoms with Crippen LogP contribution in [0.5, 0.6) is 0 Å². The second kappa shape index (κ2) is 5.88. The Morgan fingerprint density at radius 1 is 1.55 bits per heavy atom. The number of rotatable bonds is 4. The first-order chi connectivity index (χ1) is 10.6. The van der Waals surface area contributed by atoms with E-state index in [0.717, 1.165) is 24.9 Å². The summed E-state index contributed by atoms with van der Waals surface area (Å²) in [6, 6.07) is 7.28. The molecule has 2 aromatic rings. The second-order valence-corrected chi connectivity index (χ2v) is 6.13. The number of carbonyl (C=O) groups is 1. The molecule has 22 heavy (non-hydrogen) atoms. The van der Waals surface area contributed by atoms with E-state index in [0.29, 0.717) is 5.56 Å². The number of hydrogen-bond donors (Lipinski definition) is 2. The lowest BCUT2D eigenvalue weighted by atomic mass is 9.85. The average molecular weight is 300 g/mol. The summed E-state index contributed by atoms with van der Waals surface area (Å²) < 4.78 is 1.62. The van der Waals surface area contributed by atoms with Crippen LogP contribution in [-0.2, 0) is 0 Å². The lowest BCUT2D eigenvalue weighted by molar-refractivity contribution is 0.0830. The number of carbonyl (C=O) groups excluding carboxylic acids is 1. The fourth-order valence-corrected chi connectivity index (χ4v) is 3.05. The molecule has 0 aliphatic heterocycles. The second-order valence-electron chi connectivity index (χ2n) is 6.13. The van der Waals surface area contributed by atoms with Crippen LogP contribution in [-0.4, -0.2) is 38.7 Å². The molecule has 0 saturated heterocycles. The summed E-state index contributed by atoms with van der Waals surface area (Å²) >= 11 is 0. The molecule has 1 aliphatic carbocycles. The highest BCUT2D eigenvalue weighted by Crippen LogP contribution is 2.37. The van der Waals surface area contributed by atoms with E-state index >= 15 is 0 Å². The van der Waals surface area contributed by atoms with E-state index in [9.17, 15) is 9.90 Å². The van der Waals surface area contributed by atoms with Crippen molar-refractivity contribution in [1.29, 1.82) is 0 Å². The lowest BCUT2D eigenvalue weighted by Gasteiger charge is -2.30. The number of aromatic nitrogens is 3. The van der Waals surface area contributed by atoms with Crippen LogP contribution in [0, 0.1) is 5.41 Å². The molecule has 1 fully saturated rings. The van der Waals surface area contributed by atoms with E-state index in [1.807, 2.05) is 19.1 Å². The summed E-state index contributed by atoms with van der Waals surface area (Å²) in [5.41, 5.74) is 1.15. The Bertz CT molecular complexity index is 656. The summed E-state index contributed by atoms with van der Waals surface area (Å²) in [6.07, 6.45) is 6.20. The molecule has 0 radical (unpaired) electrons. The van der Waals surface area contributed by atoms with Crippen LogP contribution in [0.3, 0.4) is 0 Å². The van der Waals surface area contributed by atoms with Crippen molar-refractivity contribution >= 4 is 5.91 Å². The molecule has 6 heteroatoms. The van der Waals surface area contributed by atoms with Gasteiger partial charge in [-0.25, -0.2) is 4.68 Å². The smallest absolute Gasteiger partial charge is 0.251 e. The molecule has 1 aromatic carbocycles. The van der Waals surface area contributed by atoms with Gasteiger partial charge in [-0.3, -0.25) is 4.79 Å². The van der Waals surface area contributed by atoms with Crippen LogP contribution in [0.4, 0.5) is 0 Å². The molecule has 1 saturated carbocycles. The van der Waals surface area contributed by atoms with Crippen LogP contribution in [0.2, 0.25) is 0 Å². The van der Waals surface area contributed by atoms with Crippen LogP contribution in [0.25, 0.3) is 5.69 Å². The predicted molar refractivity (Wildman–Crippen MR) is 81.7 cm³/mol. The van der Waals surface area contributed by atoms with Gasteiger partial charge < -0.3 is 10.4 Å². The molecule has 0 bridgehead atoms. The molecule has 1 heterocycles. The Hall–Kier alpha value is -2.21. The number of hydrogen-bond acceptors (Lipinski definition) is 4. The fraction of sp³-hybridized carbons (Fsp3) is 0.438. The molecule has 116 valence electrons. The number of aliphatic hydroxyl groups excluding tert-OH is 1. The van der Waals surface area contributed by atoms with E-state index in [1.165, 1.54) is 0 Å². The van der Waals surface area contributed by atoms with Gasteiger partial charge in [0.25, 0.3) is 5.91 Å². The van der Waals surface area contributed by atoms with Gasteiger partial charge in [0, 0.05) is 17.0 Å². The van der Waals surface area contributed by atoms with Crippen molar-refractivity contribution in [2.24, 2.45) is 5.41 Å². The monoisotopic (exact) mass is 300 g/mol. The van der Waals surface area contributed by atoms with Gasteiger partial charge in [-0.1, -0.05) is 24.6 Å². The minimum atomic E-state index is -0.223. The summed E-state index contributed by atoms with van der Waals surface area (Å²) in [6.45, 7) is 2.12. The molecule has 6 nitrogen and oxygen atoms in total. The summed E-state index contributed by atoms with van der Waals surface area (Å²) in [5, 5.41) is 20.3. The van der Waals surface area contributed by atoms with Crippen molar-refractivity contribution in [2.75, 3.05) is 6.61 Å². The van der Waals surface area contributed by atoms with Gasteiger partial charge in [0.1, 0.15) is 0 Å². The third kappa shape index (κ3) is 2.74. The molecule has 3 rings (SSSR count). The standard InChI is InChI=1S/C16H20N4O2/c1-16(11-21)7-3-6-14(16)18-15(22)12-4-2-5-13(10-12)20-9-8-17-19-20/h2,4-5,8-10,14,21H,3,6-7,11H2,1H3,(H,18,22). The maximum Gasteiger partial charge on any atom is 0.251 e. The Labute approximate surface area is 129 Å². The first-order valence-electron chi connectivity index (χ1n) is 7.51. The van der Waals surface area contributed by atoms with Crippen LogP contribution < -0.4 is 5.32 Å². The molecule has 1 amide bonds. The van der Waals surface area contributed by atoms with E-state index in [-0.39, 0.29) is 24.0 Å². The van der Waals surface area contributed by atoms with Gasteiger partial charge in [0.05, 0.1) is 24.7 Å². The first-order valence-corrected chi connectivity index (χ1v) is 7.51. The topological polar surface area (TPSA) is 80.0 Å². The number of benzene rings is 1. The lowest BCUT2D eigenvalue weighted by Crippen LogP contribution is -2.44. The Morgan fingerprint density at radius 3 is 3.14 bits per heavy atom. The highest BCUT2D eigenvalue weighted by molar-refractivity contribution is 5.95. The van der Waals surface area contributed by atoms with Crippen molar-refractivity contribution in [3.05, 3.63) is 42.2 Å². The summed E-state index contributed by atoms with van der Waals surface area (Å²) in [7, 11) is 0. The van der Waals surface area contributed by atoms with E-state index in [4.69, 9.17) is 0 Å². The fourth-order valence-electron chi connectivity index (χ4n) is 3.05. The highest BCUT2D eigenvalue weighted by atomic mass is 16.3. The number of nitrogens with one attached hydrogen (secondary N) is 1. The van der Waals surface area contributed by atoms with Crippen molar-refractivity contribution in [3.8, 4) is 5.69 Å². The van der Waals surface area contributed by atoms with Gasteiger partial charge in [0.2, 0.25) is 0 Å². The van der Waals surface area contributed by atoms with Crippen molar-refractivity contribution in [2.45, 2.75) is 32.2 Å². The first kappa shape index (κ1) is 14.7. The summed E-state index contributed by atoms with van der Waals surface area (Å²) in [4.78, 5) is 12.5. The number of amides is 1. The molecular weight excluding hydrogens is 280 g/mol. The third-order valence-electron chi connectivity index (χ3n) is 4.54. The van der Waals surface area contributed by atoms with Crippen molar-refractivity contribution in [3.63, 3.8) is 0 Å². The Balaban J connectivity index is 1.77. The Morgan fingerprint density at radius 2 is 2.41 bits per heavy atom.